The number of aromatic nitrogens is 1. The lowest BCUT2D eigenvalue weighted by Crippen LogP contribution is -2.48. The number of sulfonamides is 2. The zero-order valence-electron chi connectivity index (χ0n) is 28.5. The molecule has 1 aromatic heterocycles. The van der Waals surface area contributed by atoms with E-state index in [1.807, 2.05) is 13.8 Å². The molecular formula is C33H45ClN4O9S2. The van der Waals surface area contributed by atoms with Crippen LogP contribution in [0.1, 0.15) is 61.8 Å². The highest BCUT2D eigenvalue weighted by molar-refractivity contribution is 7.92. The molecule has 13 nitrogen and oxygen atoms in total. The molecule has 0 bridgehead atoms. The van der Waals surface area contributed by atoms with Crippen molar-refractivity contribution in [3.8, 4) is 5.75 Å². The standard InChI is InChI=1S/C33H45ClN4O9S2/c1-21-18-38(22(2)20-39)33(40)29-17-27(36-48(41,42)28-13-10-26(34)11-14-28)12-15-30(29)46-23(3)9-7-8-16-45-31(21)19-37(6)49(43,44)32-24(4)35-47-25(32)5/h10-15,17,21-23,31,36,39H,7-9,16,18-20H2,1-6H3/t21-,22+,23+,31+/m0/s1. The molecule has 3 aromatic rings. The van der Waals surface area contributed by atoms with Crippen LogP contribution in [0.2, 0.25) is 5.02 Å². The van der Waals surface area contributed by atoms with Gasteiger partial charge in [-0.2, -0.15) is 4.31 Å². The second-order valence-corrected chi connectivity index (χ2v) is 16.6. The average Bonchev–Trinajstić information content (AvgIpc) is 3.40. The van der Waals surface area contributed by atoms with Crippen molar-refractivity contribution in [2.45, 2.75) is 81.9 Å². The van der Waals surface area contributed by atoms with Crippen LogP contribution in [0.3, 0.4) is 0 Å². The quantitative estimate of drug-likeness (QED) is 0.309. The molecule has 2 N–H and O–H groups in total. The number of aliphatic hydroxyl groups is 1. The second-order valence-electron chi connectivity index (χ2n) is 12.5. The number of ether oxygens (including phenoxy) is 2. The minimum absolute atomic E-state index is 0.00216. The Kier molecular flexibility index (Phi) is 12.8. The Morgan fingerprint density at radius 1 is 1.10 bits per heavy atom. The topological polar surface area (TPSA) is 169 Å². The fourth-order valence-corrected chi connectivity index (χ4v) is 8.27. The molecule has 1 aliphatic heterocycles. The summed E-state index contributed by atoms with van der Waals surface area (Å²) in [6, 6.07) is 9.53. The predicted octanol–water partition coefficient (Wildman–Crippen LogP) is 4.86. The number of nitrogens with one attached hydrogen (secondary N) is 1. The Balaban J connectivity index is 1.69. The summed E-state index contributed by atoms with van der Waals surface area (Å²) in [5.41, 5.74) is 0.488. The maximum Gasteiger partial charge on any atom is 0.261 e. The van der Waals surface area contributed by atoms with Crippen LogP contribution >= 0.6 is 11.6 Å². The number of anilines is 1. The number of rotatable bonds is 9. The van der Waals surface area contributed by atoms with Gasteiger partial charge in [-0.3, -0.25) is 9.52 Å². The van der Waals surface area contributed by atoms with E-state index < -0.39 is 44.0 Å². The van der Waals surface area contributed by atoms with Crippen molar-refractivity contribution in [2.75, 3.05) is 38.1 Å². The number of carbonyl (C=O) groups excluding carboxylic acids is 1. The van der Waals surface area contributed by atoms with Gasteiger partial charge in [-0.25, -0.2) is 16.8 Å². The third-order valence-electron chi connectivity index (χ3n) is 8.50. The highest BCUT2D eigenvalue weighted by Gasteiger charge is 2.34. The molecule has 0 spiro atoms. The van der Waals surface area contributed by atoms with Crippen LogP contribution in [-0.2, 0) is 24.8 Å². The molecule has 0 saturated carbocycles. The summed E-state index contributed by atoms with van der Waals surface area (Å²) in [6.45, 7) is 8.59. The van der Waals surface area contributed by atoms with Gasteiger partial charge in [0, 0.05) is 43.4 Å². The first kappa shape index (κ1) is 38.6. The molecule has 0 aliphatic carbocycles. The highest BCUT2D eigenvalue weighted by atomic mass is 35.5. The zero-order valence-corrected chi connectivity index (χ0v) is 30.9. The molecule has 2 aromatic carbocycles. The highest BCUT2D eigenvalue weighted by Crippen LogP contribution is 2.30. The van der Waals surface area contributed by atoms with Gasteiger partial charge >= 0.3 is 0 Å². The van der Waals surface area contributed by atoms with Gasteiger partial charge in [-0.15, -0.1) is 0 Å². The van der Waals surface area contributed by atoms with Gasteiger partial charge < -0.3 is 24.0 Å². The molecule has 0 radical (unpaired) electrons. The van der Waals surface area contributed by atoms with Gasteiger partial charge in [-0.05, 0) is 89.4 Å². The van der Waals surface area contributed by atoms with Crippen LogP contribution in [0.25, 0.3) is 0 Å². The maximum absolute atomic E-state index is 14.4. The van der Waals surface area contributed by atoms with Gasteiger partial charge in [0.15, 0.2) is 5.76 Å². The smallest absolute Gasteiger partial charge is 0.261 e. The fourth-order valence-electron chi connectivity index (χ4n) is 5.63. The van der Waals surface area contributed by atoms with E-state index in [9.17, 15) is 26.7 Å². The Morgan fingerprint density at radius 3 is 2.43 bits per heavy atom. The Labute approximate surface area is 293 Å². The van der Waals surface area contributed by atoms with E-state index in [4.69, 9.17) is 25.6 Å². The number of likely N-dealkylation sites (N-methyl/N-ethyl adjacent to an activating group) is 1. The van der Waals surface area contributed by atoms with Crippen molar-refractivity contribution in [1.29, 1.82) is 0 Å². The molecule has 0 unspecified atom stereocenters. The van der Waals surface area contributed by atoms with Gasteiger partial charge in [0.2, 0.25) is 10.0 Å². The summed E-state index contributed by atoms with van der Waals surface area (Å²) < 4.78 is 74.8. The van der Waals surface area contributed by atoms with Crippen molar-refractivity contribution in [2.24, 2.45) is 5.92 Å². The minimum Gasteiger partial charge on any atom is -0.490 e. The van der Waals surface area contributed by atoms with E-state index in [2.05, 4.69) is 9.88 Å². The number of hydrogen-bond donors (Lipinski definition) is 2. The zero-order chi connectivity index (χ0) is 36.1. The largest absolute Gasteiger partial charge is 0.490 e. The van der Waals surface area contributed by atoms with E-state index >= 15 is 0 Å². The monoisotopic (exact) mass is 740 g/mol. The van der Waals surface area contributed by atoms with Crippen molar-refractivity contribution in [1.82, 2.24) is 14.4 Å². The third kappa shape index (κ3) is 9.32. The number of carbonyl (C=O) groups is 1. The molecule has 270 valence electrons. The number of nitrogens with zero attached hydrogens (tertiary/aromatic N) is 3. The van der Waals surface area contributed by atoms with Gasteiger partial charge in [0.25, 0.3) is 15.9 Å². The summed E-state index contributed by atoms with van der Waals surface area (Å²) >= 11 is 5.94. The first-order chi connectivity index (χ1) is 23.0. The van der Waals surface area contributed by atoms with Crippen LogP contribution in [0.15, 0.2) is 56.8 Å². The molecule has 2 heterocycles. The molecule has 49 heavy (non-hydrogen) atoms. The SMILES string of the molecule is Cc1noc(C)c1S(=O)(=O)N(C)C[C@H]1OCCCC[C@@H](C)Oc2ccc(NS(=O)(=O)c3ccc(Cl)cc3)cc2C(=O)N([C@H](C)CO)C[C@@H]1C. The van der Waals surface area contributed by atoms with E-state index in [1.165, 1.54) is 59.6 Å². The fraction of sp³-hybridized carbons (Fsp3) is 0.515. The number of halogens is 1. The van der Waals surface area contributed by atoms with E-state index in [0.717, 1.165) is 6.42 Å². The van der Waals surface area contributed by atoms with Crippen LogP contribution < -0.4 is 9.46 Å². The minimum atomic E-state index is -4.02. The number of benzene rings is 2. The van der Waals surface area contributed by atoms with Crippen molar-refractivity contribution in [3.05, 3.63) is 64.5 Å². The number of amides is 1. The average molecular weight is 741 g/mol. The molecule has 0 fully saturated rings. The molecule has 0 saturated heterocycles. The number of fused-ring (bicyclic) bond motifs is 1. The summed E-state index contributed by atoms with van der Waals surface area (Å²) in [4.78, 5) is 15.8. The van der Waals surface area contributed by atoms with Crippen LogP contribution in [0.5, 0.6) is 5.75 Å². The van der Waals surface area contributed by atoms with E-state index in [-0.39, 0.29) is 64.0 Å². The first-order valence-electron chi connectivity index (χ1n) is 16.1. The summed E-state index contributed by atoms with van der Waals surface area (Å²) in [6.07, 6.45) is 1.14. The van der Waals surface area contributed by atoms with E-state index in [1.54, 1.807) is 19.9 Å². The third-order valence-corrected chi connectivity index (χ3v) is 12.2. The molecule has 4 atom stereocenters. The van der Waals surface area contributed by atoms with Crippen LogP contribution in [0.4, 0.5) is 5.69 Å². The summed E-state index contributed by atoms with van der Waals surface area (Å²) in [7, 11) is -6.54. The maximum atomic E-state index is 14.4. The van der Waals surface area contributed by atoms with Crippen molar-refractivity contribution < 1.29 is 40.7 Å². The van der Waals surface area contributed by atoms with Gasteiger partial charge in [0.05, 0.1) is 35.3 Å². The summed E-state index contributed by atoms with van der Waals surface area (Å²) in [5, 5.41) is 14.4. The molecule has 1 aliphatic rings. The lowest BCUT2D eigenvalue weighted by molar-refractivity contribution is -0.00835. The molecule has 16 heteroatoms. The van der Waals surface area contributed by atoms with Crippen molar-refractivity contribution >= 4 is 43.2 Å². The van der Waals surface area contributed by atoms with Crippen LogP contribution in [0, 0.1) is 19.8 Å². The van der Waals surface area contributed by atoms with Gasteiger partial charge in [0.1, 0.15) is 16.3 Å². The number of aliphatic hydroxyl groups excluding tert-OH is 1. The Bertz CT molecular complexity index is 1800. The Morgan fingerprint density at radius 2 is 1.80 bits per heavy atom. The number of aryl methyl sites for hydroxylation is 2. The van der Waals surface area contributed by atoms with Crippen LogP contribution in [-0.4, -0.2) is 93.8 Å². The lowest BCUT2D eigenvalue weighted by Gasteiger charge is -2.35. The van der Waals surface area contributed by atoms with Crippen molar-refractivity contribution in [3.63, 3.8) is 0 Å². The summed E-state index contributed by atoms with van der Waals surface area (Å²) in [5.74, 6) is -0.457. The molecule has 4 rings (SSSR count). The predicted molar refractivity (Wildman–Crippen MR) is 185 cm³/mol. The second kappa shape index (κ2) is 16.2. The first-order valence-corrected chi connectivity index (χ1v) is 19.4. The Hall–Kier alpha value is -3.21. The normalized spacial score (nSPS) is 20.7. The molecule has 1 amide bonds. The number of hydrogen-bond acceptors (Lipinski definition) is 10. The molecular weight excluding hydrogens is 696 g/mol. The van der Waals surface area contributed by atoms with E-state index in [0.29, 0.717) is 24.5 Å². The lowest BCUT2D eigenvalue weighted by atomic mass is 10.0. The van der Waals surface area contributed by atoms with Gasteiger partial charge in [-0.1, -0.05) is 23.7 Å².